The van der Waals surface area contributed by atoms with E-state index < -0.39 is 0 Å². The number of hydrogen-bond donors (Lipinski definition) is 0. The van der Waals surface area contributed by atoms with Gasteiger partial charge in [0.05, 0.1) is 0 Å². The molecule has 0 N–H and O–H groups in total. The Balaban J connectivity index is 2.13. The molecule has 0 unspecified atom stereocenters. The van der Waals surface area contributed by atoms with Crippen LogP contribution in [0.5, 0.6) is 0 Å². The van der Waals surface area contributed by atoms with Crippen molar-refractivity contribution < 1.29 is 9.59 Å². The van der Waals surface area contributed by atoms with Gasteiger partial charge in [0.1, 0.15) is 6.29 Å². The Morgan fingerprint density at radius 1 is 1.43 bits per heavy atom. The Kier molecular flexibility index (Phi) is 2.09. The highest BCUT2D eigenvalue weighted by Gasteiger charge is 2.42. The average Bonchev–Trinajstić information content (AvgIpc) is 2.78. The first-order valence-electron chi connectivity index (χ1n) is 5.20. The third-order valence-electron chi connectivity index (χ3n) is 3.17. The molecule has 2 rings (SSSR count). The van der Waals surface area contributed by atoms with Gasteiger partial charge in [-0.15, -0.1) is 0 Å². The van der Waals surface area contributed by atoms with Crippen molar-refractivity contribution in [2.75, 3.05) is 0 Å². The lowest BCUT2D eigenvalue weighted by atomic mass is 9.75. The normalized spacial score (nSPS) is 35.0. The molecule has 0 radical (unpaired) electrons. The zero-order chi connectivity index (χ0) is 10.3. The highest BCUT2D eigenvalue weighted by Crippen LogP contribution is 2.48. The van der Waals surface area contributed by atoms with Gasteiger partial charge in [0.15, 0.2) is 5.78 Å². The fourth-order valence-electron chi connectivity index (χ4n) is 2.43. The summed E-state index contributed by atoms with van der Waals surface area (Å²) in [6, 6.07) is 0. The predicted octanol–water partition coefficient (Wildman–Crippen LogP) is 2.14. The minimum atomic E-state index is 0.0944. The Labute approximate surface area is 84.4 Å². The summed E-state index contributed by atoms with van der Waals surface area (Å²) >= 11 is 0. The van der Waals surface area contributed by atoms with Crippen LogP contribution in [0, 0.1) is 17.3 Å². The van der Waals surface area contributed by atoms with Crippen molar-refractivity contribution in [2.24, 2.45) is 17.3 Å². The first kappa shape index (κ1) is 9.63. The molecule has 0 saturated heterocycles. The standard InChI is InChI=1S/C12H16O2/c1-12(2)5-8(3-10(14)6-12)11-4-9(11)7-13/h3,7,9,11H,4-6H2,1-2H3/t9-,11-/m0/s1. The van der Waals surface area contributed by atoms with Crippen molar-refractivity contribution >= 4 is 12.1 Å². The van der Waals surface area contributed by atoms with Crippen LogP contribution in [-0.4, -0.2) is 12.1 Å². The van der Waals surface area contributed by atoms with Crippen molar-refractivity contribution in [3.8, 4) is 0 Å². The van der Waals surface area contributed by atoms with Gasteiger partial charge < -0.3 is 4.79 Å². The molecule has 2 heteroatoms. The lowest BCUT2D eigenvalue weighted by Crippen LogP contribution is -2.22. The molecule has 2 atom stereocenters. The van der Waals surface area contributed by atoms with Gasteiger partial charge >= 0.3 is 0 Å². The molecule has 0 amide bonds. The van der Waals surface area contributed by atoms with Crippen molar-refractivity contribution in [1.29, 1.82) is 0 Å². The monoisotopic (exact) mass is 192 g/mol. The maximum atomic E-state index is 11.5. The summed E-state index contributed by atoms with van der Waals surface area (Å²) in [5.41, 5.74) is 1.31. The maximum absolute atomic E-state index is 11.5. The topological polar surface area (TPSA) is 34.1 Å². The molecular formula is C12H16O2. The first-order chi connectivity index (χ1) is 6.52. The number of rotatable bonds is 2. The molecule has 1 saturated carbocycles. The molecule has 0 aromatic heterocycles. The van der Waals surface area contributed by atoms with E-state index in [0.717, 1.165) is 19.1 Å². The van der Waals surface area contributed by atoms with Crippen LogP contribution in [0.2, 0.25) is 0 Å². The molecular weight excluding hydrogens is 176 g/mol. The molecule has 0 aliphatic heterocycles. The number of carbonyl (C=O) groups is 2. The molecule has 1 fully saturated rings. The molecule has 0 spiro atoms. The quantitative estimate of drug-likeness (QED) is 0.628. The minimum absolute atomic E-state index is 0.0944. The van der Waals surface area contributed by atoms with E-state index in [1.807, 2.05) is 0 Å². The van der Waals surface area contributed by atoms with E-state index >= 15 is 0 Å². The number of allylic oxidation sites excluding steroid dienone is 2. The van der Waals surface area contributed by atoms with Crippen molar-refractivity contribution in [3.63, 3.8) is 0 Å². The predicted molar refractivity (Wildman–Crippen MR) is 53.8 cm³/mol. The van der Waals surface area contributed by atoms with Gasteiger partial charge in [0.2, 0.25) is 0 Å². The van der Waals surface area contributed by atoms with E-state index in [-0.39, 0.29) is 17.1 Å². The molecule has 0 aromatic carbocycles. The number of ketones is 1. The third kappa shape index (κ3) is 1.79. The second kappa shape index (κ2) is 3.04. The fourth-order valence-corrected chi connectivity index (χ4v) is 2.43. The lowest BCUT2D eigenvalue weighted by molar-refractivity contribution is -0.117. The van der Waals surface area contributed by atoms with Gasteiger partial charge in [0.25, 0.3) is 0 Å². The Bertz CT molecular complexity index is 312. The number of hydrogen-bond acceptors (Lipinski definition) is 2. The summed E-state index contributed by atoms with van der Waals surface area (Å²) in [6.45, 7) is 4.24. The fraction of sp³-hybridized carbons (Fsp3) is 0.667. The lowest BCUT2D eigenvalue weighted by Gasteiger charge is -2.28. The van der Waals surface area contributed by atoms with E-state index in [2.05, 4.69) is 13.8 Å². The van der Waals surface area contributed by atoms with Crippen molar-refractivity contribution in [2.45, 2.75) is 33.1 Å². The molecule has 0 aromatic rings. The van der Waals surface area contributed by atoms with E-state index in [9.17, 15) is 9.59 Å². The Morgan fingerprint density at radius 2 is 2.14 bits per heavy atom. The summed E-state index contributed by atoms with van der Waals surface area (Å²) in [5, 5.41) is 0. The Hall–Kier alpha value is -0.920. The SMILES string of the molecule is CC1(C)CC(=O)C=C([C@@H]2C[C@H]2C=O)C1. The highest BCUT2D eigenvalue weighted by molar-refractivity contribution is 5.92. The molecule has 0 bridgehead atoms. The average molecular weight is 192 g/mol. The van der Waals surface area contributed by atoms with Crippen LogP contribution in [0.3, 0.4) is 0 Å². The maximum Gasteiger partial charge on any atom is 0.156 e. The zero-order valence-corrected chi connectivity index (χ0v) is 8.75. The number of aldehydes is 1. The van der Waals surface area contributed by atoms with Crippen LogP contribution >= 0.6 is 0 Å². The zero-order valence-electron chi connectivity index (χ0n) is 8.75. The molecule has 2 nitrogen and oxygen atoms in total. The summed E-state index contributed by atoms with van der Waals surface area (Å²) in [6.07, 6.45) is 5.39. The first-order valence-corrected chi connectivity index (χ1v) is 5.20. The smallest absolute Gasteiger partial charge is 0.156 e. The van der Waals surface area contributed by atoms with Gasteiger partial charge in [-0.1, -0.05) is 19.4 Å². The molecule has 14 heavy (non-hydrogen) atoms. The second-order valence-corrected chi connectivity index (χ2v) is 5.35. The molecule has 2 aliphatic carbocycles. The van der Waals surface area contributed by atoms with Gasteiger partial charge in [-0.05, 0) is 30.3 Å². The largest absolute Gasteiger partial charge is 0.303 e. The van der Waals surface area contributed by atoms with Crippen LogP contribution in [0.4, 0.5) is 0 Å². The summed E-state index contributed by atoms with van der Waals surface area (Å²) < 4.78 is 0. The summed E-state index contributed by atoms with van der Waals surface area (Å²) in [4.78, 5) is 22.0. The molecule has 76 valence electrons. The van der Waals surface area contributed by atoms with Crippen LogP contribution < -0.4 is 0 Å². The van der Waals surface area contributed by atoms with Gasteiger partial charge in [0, 0.05) is 12.3 Å². The minimum Gasteiger partial charge on any atom is -0.303 e. The van der Waals surface area contributed by atoms with Crippen molar-refractivity contribution in [1.82, 2.24) is 0 Å². The molecule has 2 aliphatic rings. The van der Waals surface area contributed by atoms with Crippen LogP contribution in [-0.2, 0) is 9.59 Å². The van der Waals surface area contributed by atoms with Gasteiger partial charge in [-0.25, -0.2) is 0 Å². The van der Waals surface area contributed by atoms with E-state index in [1.54, 1.807) is 6.08 Å². The Morgan fingerprint density at radius 3 is 2.64 bits per heavy atom. The van der Waals surface area contributed by atoms with Crippen LogP contribution in [0.25, 0.3) is 0 Å². The third-order valence-corrected chi connectivity index (χ3v) is 3.17. The second-order valence-electron chi connectivity index (χ2n) is 5.35. The highest BCUT2D eigenvalue weighted by atomic mass is 16.1. The summed E-state index contributed by atoms with van der Waals surface area (Å²) in [5.74, 6) is 0.812. The van der Waals surface area contributed by atoms with E-state index in [1.165, 1.54) is 5.57 Å². The number of carbonyl (C=O) groups excluding carboxylic acids is 2. The molecule has 0 heterocycles. The van der Waals surface area contributed by atoms with E-state index in [0.29, 0.717) is 12.3 Å². The van der Waals surface area contributed by atoms with E-state index in [4.69, 9.17) is 0 Å². The van der Waals surface area contributed by atoms with Crippen molar-refractivity contribution in [3.05, 3.63) is 11.6 Å². The van der Waals surface area contributed by atoms with Crippen LogP contribution in [0.1, 0.15) is 33.1 Å². The van der Waals surface area contributed by atoms with Gasteiger partial charge in [-0.2, -0.15) is 0 Å². The van der Waals surface area contributed by atoms with Crippen LogP contribution in [0.15, 0.2) is 11.6 Å². The summed E-state index contributed by atoms with van der Waals surface area (Å²) in [7, 11) is 0. The van der Waals surface area contributed by atoms with Gasteiger partial charge in [-0.3, -0.25) is 4.79 Å².